The minimum absolute atomic E-state index is 0.438. The highest BCUT2D eigenvalue weighted by atomic mass is 79.9. The Bertz CT molecular complexity index is 590. The molecule has 0 amide bonds. The molecule has 1 aromatic heterocycles. The summed E-state index contributed by atoms with van der Waals surface area (Å²) in [7, 11) is 0. The lowest BCUT2D eigenvalue weighted by Gasteiger charge is -2.38. The largest absolute Gasteiger partial charge is 0.470 e. The van der Waals surface area contributed by atoms with E-state index in [9.17, 15) is 10.2 Å². The van der Waals surface area contributed by atoms with Crippen LogP contribution in [0, 0.1) is 0 Å². The van der Waals surface area contributed by atoms with Gasteiger partial charge in [0.05, 0.1) is 11.9 Å². The Labute approximate surface area is 133 Å². The summed E-state index contributed by atoms with van der Waals surface area (Å²) in [4.78, 5) is 3.07. The van der Waals surface area contributed by atoms with Gasteiger partial charge in [0.25, 0.3) is 0 Å². The fourth-order valence-electron chi connectivity index (χ4n) is 2.28. The van der Waals surface area contributed by atoms with Crippen molar-refractivity contribution in [2.75, 3.05) is 0 Å². The second kappa shape index (κ2) is 6.12. The normalized spacial score (nSPS) is 33.2. The van der Waals surface area contributed by atoms with Crippen molar-refractivity contribution in [2.24, 2.45) is 0 Å². The highest BCUT2D eigenvalue weighted by molar-refractivity contribution is 9.09. The molecule has 6 nitrogen and oxygen atoms in total. The molecular formula is C13H13BrClNO5. The molecule has 0 saturated carbocycles. The minimum Gasteiger partial charge on any atom is -0.470 e. The Kier molecular flexibility index (Phi) is 4.39. The number of alkyl halides is 1. The van der Waals surface area contributed by atoms with Gasteiger partial charge in [-0.05, 0) is 6.07 Å². The van der Waals surface area contributed by atoms with Crippen LogP contribution in [0.4, 0.5) is 0 Å². The Morgan fingerprint density at radius 1 is 1.24 bits per heavy atom. The van der Waals surface area contributed by atoms with Gasteiger partial charge in [-0.15, -0.1) is 0 Å². The summed E-state index contributed by atoms with van der Waals surface area (Å²) in [6.45, 7) is 0. The molecule has 3 N–H and O–H groups in total. The van der Waals surface area contributed by atoms with Gasteiger partial charge in [-0.25, -0.2) is 0 Å². The maximum atomic E-state index is 10.0. The van der Waals surface area contributed by atoms with E-state index in [1.54, 1.807) is 6.07 Å². The number of aliphatic hydroxyl groups excluding tert-OH is 2. The average molecular weight is 379 g/mol. The van der Waals surface area contributed by atoms with Gasteiger partial charge in [-0.1, -0.05) is 34.1 Å². The topological polar surface area (TPSA) is 83.9 Å². The van der Waals surface area contributed by atoms with Gasteiger partial charge in [0, 0.05) is 17.0 Å². The monoisotopic (exact) mass is 377 g/mol. The molecule has 1 aromatic carbocycles. The van der Waals surface area contributed by atoms with E-state index in [4.69, 9.17) is 25.6 Å². The van der Waals surface area contributed by atoms with E-state index in [-0.39, 0.29) is 0 Å². The molecule has 5 atom stereocenters. The van der Waals surface area contributed by atoms with E-state index in [0.29, 0.717) is 5.88 Å². The minimum atomic E-state index is -1.40. The molecule has 2 heterocycles. The number of hydrogen-bond acceptors (Lipinski definition) is 5. The molecule has 3 rings (SSSR count). The molecule has 1 saturated heterocycles. The van der Waals surface area contributed by atoms with Crippen molar-refractivity contribution in [3.05, 3.63) is 30.3 Å². The van der Waals surface area contributed by atoms with Crippen molar-refractivity contribution in [1.82, 2.24) is 4.98 Å². The fourth-order valence-corrected chi connectivity index (χ4v) is 3.23. The molecule has 0 bridgehead atoms. The summed E-state index contributed by atoms with van der Waals surface area (Å²) in [6.07, 6.45) is -4.39. The first-order chi connectivity index (χ1) is 10.1. The van der Waals surface area contributed by atoms with Gasteiger partial charge in [0.2, 0.25) is 0 Å². The second-order valence-corrected chi connectivity index (χ2v) is 5.81. The number of aromatic nitrogens is 1. The van der Waals surface area contributed by atoms with Gasteiger partial charge in [-0.2, -0.15) is 0 Å². The Hall–Kier alpha value is -0.830. The molecule has 8 heteroatoms. The summed E-state index contributed by atoms with van der Waals surface area (Å²) in [5, 5.41) is 19.9. The summed E-state index contributed by atoms with van der Waals surface area (Å²) in [5.41, 5.74) is 0.897. The van der Waals surface area contributed by atoms with Crippen LogP contribution < -0.4 is 4.74 Å². The zero-order valence-corrected chi connectivity index (χ0v) is 13.0. The number of nitrogens with one attached hydrogen (secondary N) is 1. The number of halogens is 2. The van der Waals surface area contributed by atoms with Gasteiger partial charge < -0.3 is 24.7 Å². The summed E-state index contributed by atoms with van der Waals surface area (Å²) >= 11 is 8.61. The second-order valence-electron chi connectivity index (χ2n) is 4.73. The third-order valence-electron chi connectivity index (χ3n) is 3.35. The summed E-state index contributed by atoms with van der Waals surface area (Å²) < 4.78 is 15.5. The number of benzene rings is 1. The van der Waals surface area contributed by atoms with Crippen molar-refractivity contribution < 1.29 is 24.0 Å². The number of para-hydroxylation sites is 1. The third kappa shape index (κ3) is 2.90. The van der Waals surface area contributed by atoms with E-state index in [0.717, 1.165) is 10.9 Å². The van der Waals surface area contributed by atoms with E-state index < -0.39 is 29.6 Å². The Morgan fingerprint density at radius 2 is 2.00 bits per heavy atom. The first-order valence-corrected chi connectivity index (χ1v) is 7.50. The van der Waals surface area contributed by atoms with Crippen LogP contribution in [-0.4, -0.2) is 44.8 Å². The quantitative estimate of drug-likeness (QED) is 0.710. The van der Waals surface area contributed by atoms with Crippen LogP contribution >= 0.6 is 27.8 Å². The van der Waals surface area contributed by atoms with Crippen LogP contribution in [0.2, 0.25) is 0 Å². The smallest absolute Gasteiger partial charge is 0.192 e. The maximum absolute atomic E-state index is 10.0. The lowest BCUT2D eigenvalue weighted by Crippen LogP contribution is -2.58. The molecule has 1 aliphatic heterocycles. The lowest BCUT2D eigenvalue weighted by molar-refractivity contribution is -0.250. The zero-order valence-electron chi connectivity index (χ0n) is 10.6. The number of aromatic amines is 1. The third-order valence-corrected chi connectivity index (χ3v) is 4.29. The first-order valence-electron chi connectivity index (χ1n) is 6.27. The first kappa shape index (κ1) is 15.1. The Morgan fingerprint density at radius 3 is 2.71 bits per heavy atom. The predicted molar refractivity (Wildman–Crippen MR) is 79.3 cm³/mol. The number of hydrogen-bond donors (Lipinski definition) is 3. The highest BCUT2D eigenvalue weighted by Gasteiger charge is 2.46. The van der Waals surface area contributed by atoms with Crippen LogP contribution in [0.25, 0.3) is 10.9 Å². The SMILES string of the molecule is O[C@@H]1[C@@H](Oc2cc3ccccc3[nH]2)[C@@H](OCl)C(Br)O[C@H]1O. The molecule has 1 unspecified atom stereocenters. The molecule has 21 heavy (non-hydrogen) atoms. The van der Waals surface area contributed by atoms with Crippen molar-refractivity contribution in [2.45, 2.75) is 29.6 Å². The molecular weight excluding hydrogens is 366 g/mol. The van der Waals surface area contributed by atoms with Crippen molar-refractivity contribution in [3.63, 3.8) is 0 Å². The maximum Gasteiger partial charge on any atom is 0.192 e. The molecule has 0 radical (unpaired) electrons. The average Bonchev–Trinajstić information content (AvgIpc) is 2.87. The van der Waals surface area contributed by atoms with Crippen LogP contribution in [0.3, 0.4) is 0 Å². The van der Waals surface area contributed by atoms with Crippen LogP contribution in [0.1, 0.15) is 0 Å². The predicted octanol–water partition coefficient (Wildman–Crippen LogP) is 1.88. The Balaban J connectivity index is 1.86. The van der Waals surface area contributed by atoms with Crippen LogP contribution in [-0.2, 0) is 9.03 Å². The number of H-pyrrole nitrogens is 1. The van der Waals surface area contributed by atoms with Gasteiger partial charge in [0.1, 0.15) is 11.1 Å². The number of ether oxygens (including phenoxy) is 2. The molecule has 2 aromatic rings. The number of rotatable bonds is 3. The molecule has 1 aliphatic rings. The standard InChI is InChI=1S/C13H13BrClNO5/c14-12-11(21-15)10(9(17)13(18)20-12)19-8-5-6-3-1-2-4-7(6)16-8/h1-5,9-13,16-18H/t9-,10-,11-,12?,13-/m1/s1. The van der Waals surface area contributed by atoms with Crippen molar-refractivity contribution in [1.29, 1.82) is 0 Å². The summed E-state index contributed by atoms with van der Waals surface area (Å²) in [6, 6.07) is 9.43. The zero-order chi connectivity index (χ0) is 15.0. The molecule has 114 valence electrons. The lowest BCUT2D eigenvalue weighted by atomic mass is 10.1. The van der Waals surface area contributed by atoms with Gasteiger partial charge >= 0.3 is 0 Å². The fraction of sp³-hybridized carbons (Fsp3) is 0.385. The van der Waals surface area contributed by atoms with Crippen LogP contribution in [0.15, 0.2) is 30.3 Å². The van der Waals surface area contributed by atoms with E-state index >= 15 is 0 Å². The van der Waals surface area contributed by atoms with E-state index in [1.165, 1.54) is 0 Å². The summed E-state index contributed by atoms with van der Waals surface area (Å²) in [5.74, 6) is 0.438. The molecule has 0 aliphatic carbocycles. The van der Waals surface area contributed by atoms with Gasteiger partial charge in [0.15, 0.2) is 24.4 Å². The number of aliphatic hydroxyl groups is 2. The number of fused-ring (bicyclic) bond motifs is 1. The van der Waals surface area contributed by atoms with Crippen molar-refractivity contribution >= 4 is 38.7 Å². The van der Waals surface area contributed by atoms with Crippen LogP contribution in [0.5, 0.6) is 5.88 Å². The molecule has 0 spiro atoms. The molecule has 1 fully saturated rings. The van der Waals surface area contributed by atoms with E-state index in [2.05, 4.69) is 20.9 Å². The van der Waals surface area contributed by atoms with E-state index in [1.807, 2.05) is 24.3 Å². The van der Waals surface area contributed by atoms with Crippen molar-refractivity contribution in [3.8, 4) is 5.88 Å². The van der Waals surface area contributed by atoms with Gasteiger partial charge in [-0.3, -0.25) is 4.29 Å². The highest BCUT2D eigenvalue weighted by Crippen LogP contribution is 2.30.